The van der Waals surface area contributed by atoms with E-state index in [1.807, 2.05) is 0 Å². The topological polar surface area (TPSA) is 44.7 Å². The quantitative estimate of drug-likeness (QED) is 0.513. The van der Waals surface area contributed by atoms with E-state index >= 15 is 0 Å². The van der Waals surface area contributed by atoms with Crippen LogP contribution in [0.3, 0.4) is 0 Å². The lowest BCUT2D eigenvalue weighted by atomic mass is 9.95. The fourth-order valence-corrected chi connectivity index (χ4v) is 2.01. The van der Waals surface area contributed by atoms with Gasteiger partial charge in [-0.15, -0.1) is 0 Å². The van der Waals surface area contributed by atoms with E-state index in [-0.39, 0.29) is 12.1 Å². The lowest BCUT2D eigenvalue weighted by Crippen LogP contribution is -2.68. The molecule has 2 aliphatic heterocycles. The van der Waals surface area contributed by atoms with E-state index < -0.39 is 0 Å². The number of piperazine rings is 1. The lowest BCUT2D eigenvalue weighted by molar-refractivity contribution is -0.100. The Hall–Kier alpha value is -0.160. The zero-order valence-electron chi connectivity index (χ0n) is 7.25. The summed E-state index contributed by atoms with van der Waals surface area (Å²) < 4.78 is 5.39. The molecule has 12 heavy (non-hydrogen) atoms. The second-order valence-corrected chi connectivity index (χ2v) is 3.60. The number of aliphatic hydroxyl groups excluding tert-OH is 1. The summed E-state index contributed by atoms with van der Waals surface area (Å²) in [7, 11) is 0. The predicted octanol–water partition coefficient (Wildman–Crippen LogP) is -1.35. The minimum absolute atomic E-state index is 0.128. The normalized spacial score (nSPS) is 37.8. The van der Waals surface area contributed by atoms with E-state index in [1.54, 1.807) is 0 Å². The van der Waals surface area contributed by atoms with E-state index in [0.717, 1.165) is 32.8 Å². The molecular weight excluding hydrogens is 156 g/mol. The molecule has 0 aliphatic carbocycles. The van der Waals surface area contributed by atoms with Gasteiger partial charge in [-0.25, -0.2) is 0 Å². The monoisotopic (exact) mass is 172 g/mol. The molecule has 4 heteroatoms. The summed E-state index contributed by atoms with van der Waals surface area (Å²) in [5.74, 6) is 0. The first-order valence-electron chi connectivity index (χ1n) is 4.52. The van der Waals surface area contributed by atoms with E-state index in [9.17, 15) is 5.11 Å². The zero-order valence-corrected chi connectivity index (χ0v) is 7.25. The van der Waals surface area contributed by atoms with Crippen LogP contribution in [0, 0.1) is 0 Å². The number of hydrogen-bond acceptors (Lipinski definition) is 4. The van der Waals surface area contributed by atoms with Crippen LogP contribution in [0.15, 0.2) is 0 Å². The third-order valence-electron chi connectivity index (χ3n) is 2.85. The van der Waals surface area contributed by atoms with Crippen LogP contribution in [0.4, 0.5) is 0 Å². The molecule has 2 aliphatic rings. The molecule has 0 saturated carbocycles. The molecular formula is C8H16N2O2. The maximum absolute atomic E-state index is 9.32. The molecule has 0 radical (unpaired) electrons. The highest BCUT2D eigenvalue weighted by atomic mass is 16.5. The summed E-state index contributed by atoms with van der Waals surface area (Å²) in [6.07, 6.45) is 0. The molecule has 70 valence electrons. The van der Waals surface area contributed by atoms with Crippen molar-refractivity contribution in [2.75, 3.05) is 46.0 Å². The number of fused-ring (bicyclic) bond motifs is 1. The molecule has 1 unspecified atom stereocenters. The maximum atomic E-state index is 9.32. The fourth-order valence-electron chi connectivity index (χ4n) is 2.01. The summed E-state index contributed by atoms with van der Waals surface area (Å²) >= 11 is 0. The molecule has 2 saturated heterocycles. The lowest BCUT2D eigenvalue weighted by Gasteiger charge is -2.48. The summed E-state index contributed by atoms with van der Waals surface area (Å²) in [6.45, 7) is 5.54. The Bertz CT molecular complexity index is 151. The molecule has 0 bridgehead atoms. The van der Waals surface area contributed by atoms with Crippen molar-refractivity contribution in [2.45, 2.75) is 5.54 Å². The molecule has 2 fully saturated rings. The van der Waals surface area contributed by atoms with Gasteiger partial charge < -0.3 is 15.2 Å². The number of hydrogen-bond donors (Lipinski definition) is 2. The summed E-state index contributed by atoms with van der Waals surface area (Å²) in [5, 5.41) is 12.6. The van der Waals surface area contributed by atoms with Gasteiger partial charge in [0.2, 0.25) is 0 Å². The Morgan fingerprint density at radius 2 is 2.42 bits per heavy atom. The number of rotatable bonds is 1. The maximum Gasteiger partial charge on any atom is 0.0802 e. The highest BCUT2D eigenvalue weighted by Gasteiger charge is 2.40. The van der Waals surface area contributed by atoms with Crippen molar-refractivity contribution in [2.24, 2.45) is 0 Å². The van der Waals surface area contributed by atoms with Crippen LogP contribution in [-0.2, 0) is 4.74 Å². The van der Waals surface area contributed by atoms with Crippen molar-refractivity contribution in [1.82, 2.24) is 10.2 Å². The van der Waals surface area contributed by atoms with Crippen molar-refractivity contribution in [3.05, 3.63) is 0 Å². The molecule has 2 rings (SSSR count). The Labute approximate surface area is 72.5 Å². The SMILES string of the molecule is OCC12CNCCN1CCOC2. The Morgan fingerprint density at radius 3 is 3.17 bits per heavy atom. The van der Waals surface area contributed by atoms with Crippen LogP contribution >= 0.6 is 0 Å². The van der Waals surface area contributed by atoms with Gasteiger partial charge in [-0.05, 0) is 0 Å². The minimum Gasteiger partial charge on any atom is -0.394 e. The summed E-state index contributed by atoms with van der Waals surface area (Å²) in [5.41, 5.74) is -0.128. The molecule has 2 heterocycles. The second kappa shape index (κ2) is 3.30. The van der Waals surface area contributed by atoms with Crippen LogP contribution in [-0.4, -0.2) is 61.5 Å². The van der Waals surface area contributed by atoms with Crippen LogP contribution in [0.5, 0.6) is 0 Å². The average molecular weight is 172 g/mol. The van der Waals surface area contributed by atoms with E-state index in [0.29, 0.717) is 6.61 Å². The Balaban J connectivity index is 2.10. The first-order valence-corrected chi connectivity index (χ1v) is 4.52. The van der Waals surface area contributed by atoms with Gasteiger partial charge in [-0.3, -0.25) is 4.90 Å². The number of nitrogens with one attached hydrogen (secondary N) is 1. The van der Waals surface area contributed by atoms with Crippen molar-refractivity contribution >= 4 is 0 Å². The zero-order chi connectivity index (χ0) is 8.44. The largest absolute Gasteiger partial charge is 0.394 e. The fraction of sp³-hybridized carbons (Fsp3) is 1.00. The van der Waals surface area contributed by atoms with Crippen molar-refractivity contribution < 1.29 is 9.84 Å². The van der Waals surface area contributed by atoms with E-state index in [1.165, 1.54) is 0 Å². The van der Waals surface area contributed by atoms with Crippen molar-refractivity contribution in [3.8, 4) is 0 Å². The van der Waals surface area contributed by atoms with Gasteiger partial charge in [0.1, 0.15) is 0 Å². The van der Waals surface area contributed by atoms with Gasteiger partial charge in [-0.2, -0.15) is 0 Å². The molecule has 0 amide bonds. The van der Waals surface area contributed by atoms with E-state index in [2.05, 4.69) is 10.2 Å². The number of morpholine rings is 1. The molecule has 0 aromatic rings. The molecule has 4 nitrogen and oxygen atoms in total. The third-order valence-corrected chi connectivity index (χ3v) is 2.85. The summed E-state index contributed by atoms with van der Waals surface area (Å²) in [4.78, 5) is 2.34. The average Bonchev–Trinajstić information content (AvgIpc) is 2.18. The van der Waals surface area contributed by atoms with Gasteiger partial charge in [-0.1, -0.05) is 0 Å². The molecule has 2 N–H and O–H groups in total. The van der Waals surface area contributed by atoms with Gasteiger partial charge >= 0.3 is 0 Å². The van der Waals surface area contributed by atoms with Gasteiger partial charge in [0, 0.05) is 26.2 Å². The van der Waals surface area contributed by atoms with E-state index in [4.69, 9.17) is 4.74 Å². The van der Waals surface area contributed by atoms with Crippen molar-refractivity contribution in [3.63, 3.8) is 0 Å². The highest BCUT2D eigenvalue weighted by molar-refractivity contribution is 4.97. The first kappa shape index (κ1) is 8.44. The third kappa shape index (κ3) is 1.25. The Morgan fingerprint density at radius 1 is 1.50 bits per heavy atom. The van der Waals surface area contributed by atoms with Gasteiger partial charge in [0.15, 0.2) is 0 Å². The Kier molecular flexibility index (Phi) is 2.32. The molecule has 0 aromatic heterocycles. The highest BCUT2D eigenvalue weighted by Crippen LogP contribution is 2.20. The molecule has 0 aromatic carbocycles. The number of ether oxygens (including phenoxy) is 1. The van der Waals surface area contributed by atoms with Crippen molar-refractivity contribution in [1.29, 1.82) is 0 Å². The van der Waals surface area contributed by atoms with Gasteiger partial charge in [0.05, 0.1) is 25.4 Å². The predicted molar refractivity (Wildman–Crippen MR) is 45.1 cm³/mol. The second-order valence-electron chi connectivity index (χ2n) is 3.60. The standard InChI is InChI=1S/C8H16N2O2/c11-6-8-5-9-1-2-10(8)3-4-12-7-8/h9,11H,1-7H2. The van der Waals surface area contributed by atoms with Crippen LogP contribution in [0.25, 0.3) is 0 Å². The number of aliphatic hydroxyl groups is 1. The van der Waals surface area contributed by atoms with Crippen LogP contribution in [0.1, 0.15) is 0 Å². The summed E-state index contributed by atoms with van der Waals surface area (Å²) in [6, 6.07) is 0. The number of nitrogens with zero attached hydrogens (tertiary/aromatic N) is 1. The molecule has 1 atom stereocenters. The van der Waals surface area contributed by atoms with Crippen LogP contribution < -0.4 is 5.32 Å². The van der Waals surface area contributed by atoms with Crippen LogP contribution in [0.2, 0.25) is 0 Å². The first-order chi connectivity index (χ1) is 5.87. The molecule has 0 spiro atoms. The smallest absolute Gasteiger partial charge is 0.0802 e. The van der Waals surface area contributed by atoms with Gasteiger partial charge in [0.25, 0.3) is 0 Å². The minimum atomic E-state index is -0.128.